The molecule has 0 aliphatic rings. The number of aromatic nitrogens is 2. The highest BCUT2D eigenvalue weighted by atomic mass is 35.5. The maximum Gasteiger partial charge on any atom is 0.101 e. The molecule has 0 aliphatic heterocycles. The summed E-state index contributed by atoms with van der Waals surface area (Å²) < 4.78 is 1.99. The van der Waals surface area contributed by atoms with E-state index in [1.165, 1.54) is 11.3 Å². The maximum atomic E-state index is 6.44. The Bertz CT molecular complexity index is 952. The highest BCUT2D eigenvalue weighted by molar-refractivity contribution is 6.36. The Morgan fingerprint density at radius 3 is 2.56 bits per heavy atom. The number of halogens is 2. The van der Waals surface area contributed by atoms with Crippen LogP contribution in [0.25, 0.3) is 27.6 Å². The Hall–Kier alpha value is -1.77. The van der Waals surface area contributed by atoms with Gasteiger partial charge < -0.3 is 0 Å². The van der Waals surface area contributed by atoms with Crippen molar-refractivity contribution >= 4 is 39.7 Å². The molecule has 4 heteroatoms. The second-order valence-electron chi connectivity index (χ2n) is 6.52. The zero-order valence-corrected chi connectivity index (χ0v) is 16.5. The highest BCUT2D eigenvalue weighted by Crippen LogP contribution is 2.37. The predicted octanol–water partition coefficient (Wildman–Crippen LogP) is 7.00. The number of aryl methyl sites for hydroxylation is 1. The van der Waals surface area contributed by atoms with Crippen LogP contribution in [0.1, 0.15) is 32.9 Å². The smallest absolute Gasteiger partial charge is 0.101 e. The predicted molar refractivity (Wildman–Crippen MR) is 109 cm³/mol. The number of rotatable bonds is 4. The molecule has 0 aliphatic carbocycles. The number of fused-ring (bicyclic) bond motifs is 1. The molecule has 2 nitrogen and oxygen atoms in total. The summed E-state index contributed by atoms with van der Waals surface area (Å²) in [4.78, 5) is 0. The van der Waals surface area contributed by atoms with Gasteiger partial charge in [0.05, 0.1) is 5.69 Å². The van der Waals surface area contributed by atoms with Crippen molar-refractivity contribution in [2.45, 2.75) is 27.2 Å². The average Bonchev–Trinajstić information content (AvgIpc) is 2.88. The first-order chi connectivity index (χ1) is 11.9. The van der Waals surface area contributed by atoms with Crippen molar-refractivity contribution in [2.24, 2.45) is 13.0 Å². The van der Waals surface area contributed by atoms with Gasteiger partial charge in [-0.3, -0.25) is 4.68 Å². The lowest BCUT2D eigenvalue weighted by atomic mass is 9.94. The van der Waals surface area contributed by atoms with E-state index in [-0.39, 0.29) is 0 Å². The fourth-order valence-electron chi connectivity index (χ4n) is 3.31. The SMILES string of the molecule is CCC=C(c1c2cccc(-c3ccc(Cl)cc3Cl)c2nn1C)C(C)C. The monoisotopic (exact) mass is 372 g/mol. The van der Waals surface area contributed by atoms with Crippen molar-refractivity contribution in [3.8, 4) is 11.1 Å². The molecule has 0 amide bonds. The largest absolute Gasteiger partial charge is 0.267 e. The van der Waals surface area contributed by atoms with Crippen molar-refractivity contribution in [1.29, 1.82) is 0 Å². The summed E-state index contributed by atoms with van der Waals surface area (Å²) in [6.07, 6.45) is 3.30. The summed E-state index contributed by atoms with van der Waals surface area (Å²) in [6.45, 7) is 6.61. The van der Waals surface area contributed by atoms with Gasteiger partial charge in [0.15, 0.2) is 0 Å². The lowest BCUT2D eigenvalue weighted by molar-refractivity contribution is 0.744. The molecule has 0 unspecified atom stereocenters. The van der Waals surface area contributed by atoms with Crippen LogP contribution in [0.3, 0.4) is 0 Å². The second-order valence-corrected chi connectivity index (χ2v) is 7.36. The minimum Gasteiger partial charge on any atom is -0.267 e. The standard InChI is InChI=1S/C21H22Cl2N2/c1-5-7-15(13(2)3)21-18-9-6-8-17(20(18)24-25(21)4)16-11-10-14(22)12-19(16)23/h6-13H,5H2,1-4H3. The van der Waals surface area contributed by atoms with Gasteiger partial charge in [-0.15, -0.1) is 0 Å². The van der Waals surface area contributed by atoms with E-state index in [1.807, 2.05) is 23.9 Å². The van der Waals surface area contributed by atoms with Gasteiger partial charge in [0.25, 0.3) is 0 Å². The van der Waals surface area contributed by atoms with Crippen molar-refractivity contribution < 1.29 is 0 Å². The van der Waals surface area contributed by atoms with Crippen LogP contribution < -0.4 is 0 Å². The summed E-state index contributed by atoms with van der Waals surface area (Å²) in [5.74, 6) is 0.432. The third-order valence-corrected chi connectivity index (χ3v) is 4.95. The highest BCUT2D eigenvalue weighted by Gasteiger charge is 2.18. The Labute approximate surface area is 159 Å². The first-order valence-corrected chi connectivity index (χ1v) is 9.31. The van der Waals surface area contributed by atoms with Gasteiger partial charge in [-0.25, -0.2) is 0 Å². The van der Waals surface area contributed by atoms with E-state index < -0.39 is 0 Å². The van der Waals surface area contributed by atoms with Gasteiger partial charge in [0.2, 0.25) is 0 Å². The molecule has 0 saturated heterocycles. The number of benzene rings is 2. The Morgan fingerprint density at radius 2 is 1.92 bits per heavy atom. The molecule has 0 atom stereocenters. The topological polar surface area (TPSA) is 17.8 Å². The Kier molecular flexibility index (Phi) is 5.21. The molecule has 0 spiro atoms. The van der Waals surface area contributed by atoms with E-state index in [0.29, 0.717) is 16.0 Å². The molecule has 25 heavy (non-hydrogen) atoms. The second kappa shape index (κ2) is 7.23. The molecule has 0 radical (unpaired) electrons. The van der Waals surface area contributed by atoms with Crippen LogP contribution in [0.4, 0.5) is 0 Å². The van der Waals surface area contributed by atoms with E-state index in [4.69, 9.17) is 28.3 Å². The summed E-state index contributed by atoms with van der Waals surface area (Å²) in [5.41, 5.74) is 5.45. The molecule has 0 fully saturated rings. The maximum absolute atomic E-state index is 6.44. The Balaban J connectivity index is 2.29. The average molecular weight is 373 g/mol. The van der Waals surface area contributed by atoms with E-state index in [2.05, 4.69) is 45.0 Å². The van der Waals surface area contributed by atoms with Crippen molar-refractivity contribution in [3.05, 3.63) is 58.2 Å². The lowest BCUT2D eigenvalue weighted by Gasteiger charge is -2.12. The van der Waals surface area contributed by atoms with Crippen LogP contribution in [-0.4, -0.2) is 9.78 Å². The molecule has 1 aromatic heterocycles. The van der Waals surface area contributed by atoms with Crippen LogP contribution in [0.15, 0.2) is 42.5 Å². The minimum absolute atomic E-state index is 0.432. The quantitative estimate of drug-likeness (QED) is 0.482. The molecule has 2 aromatic carbocycles. The van der Waals surface area contributed by atoms with Gasteiger partial charge in [-0.1, -0.05) is 74.3 Å². The lowest BCUT2D eigenvalue weighted by Crippen LogP contribution is -2.02. The minimum atomic E-state index is 0.432. The Morgan fingerprint density at radius 1 is 1.16 bits per heavy atom. The summed E-state index contributed by atoms with van der Waals surface area (Å²) >= 11 is 12.5. The molecule has 3 rings (SSSR count). The zero-order valence-electron chi connectivity index (χ0n) is 15.0. The zero-order chi connectivity index (χ0) is 18.1. The van der Waals surface area contributed by atoms with Crippen LogP contribution in [0, 0.1) is 5.92 Å². The van der Waals surface area contributed by atoms with Gasteiger partial charge in [-0.2, -0.15) is 5.10 Å². The number of nitrogens with zero attached hydrogens (tertiary/aromatic N) is 2. The number of hydrogen-bond donors (Lipinski definition) is 0. The van der Waals surface area contributed by atoms with Gasteiger partial charge in [0, 0.05) is 33.6 Å². The molecule has 130 valence electrons. The van der Waals surface area contributed by atoms with Crippen LogP contribution in [-0.2, 0) is 7.05 Å². The molecule has 0 N–H and O–H groups in total. The molecule has 0 saturated carbocycles. The van der Waals surface area contributed by atoms with E-state index in [0.717, 1.165) is 28.5 Å². The first kappa shape index (κ1) is 18.0. The van der Waals surface area contributed by atoms with E-state index in [1.54, 1.807) is 6.07 Å². The summed E-state index contributed by atoms with van der Waals surface area (Å²) in [7, 11) is 2.01. The molecule has 0 bridgehead atoms. The van der Waals surface area contributed by atoms with Gasteiger partial charge >= 0.3 is 0 Å². The third-order valence-electron chi connectivity index (χ3n) is 4.41. The number of hydrogen-bond acceptors (Lipinski definition) is 1. The fraction of sp³-hybridized carbons (Fsp3) is 0.286. The van der Waals surface area contributed by atoms with Crippen molar-refractivity contribution in [2.75, 3.05) is 0 Å². The van der Waals surface area contributed by atoms with Crippen molar-refractivity contribution in [3.63, 3.8) is 0 Å². The number of allylic oxidation sites excluding steroid dienone is 2. The molecular formula is C21H22Cl2N2. The van der Waals surface area contributed by atoms with E-state index in [9.17, 15) is 0 Å². The molecule has 1 heterocycles. The fourth-order valence-corrected chi connectivity index (χ4v) is 3.82. The first-order valence-electron chi connectivity index (χ1n) is 8.55. The van der Waals surface area contributed by atoms with Crippen LogP contribution in [0.2, 0.25) is 10.0 Å². The third kappa shape index (κ3) is 3.33. The molecular weight excluding hydrogens is 351 g/mol. The molecule has 3 aromatic rings. The summed E-state index contributed by atoms with van der Waals surface area (Å²) in [5, 5.41) is 7.25. The van der Waals surface area contributed by atoms with Gasteiger partial charge in [0.1, 0.15) is 5.52 Å². The normalized spacial score (nSPS) is 12.4. The summed E-state index contributed by atoms with van der Waals surface area (Å²) in [6, 6.07) is 11.9. The van der Waals surface area contributed by atoms with Crippen LogP contribution >= 0.6 is 23.2 Å². The van der Waals surface area contributed by atoms with Crippen molar-refractivity contribution in [1.82, 2.24) is 9.78 Å². The van der Waals surface area contributed by atoms with Gasteiger partial charge in [-0.05, 0) is 30.0 Å². The van der Waals surface area contributed by atoms with Crippen LogP contribution in [0.5, 0.6) is 0 Å². The van der Waals surface area contributed by atoms with E-state index >= 15 is 0 Å².